The fraction of sp³-hybridized carbons (Fsp3) is 0.355. The Hall–Kier alpha value is -3.11. The van der Waals surface area contributed by atoms with Gasteiger partial charge in [-0.2, -0.15) is 0 Å². The van der Waals surface area contributed by atoms with E-state index in [0.717, 1.165) is 42.4 Å². The second-order valence-corrected chi connectivity index (χ2v) is 10.3. The molecule has 0 heterocycles. The molecule has 1 aliphatic carbocycles. The van der Waals surface area contributed by atoms with Crippen LogP contribution in [0.25, 0.3) is 0 Å². The van der Waals surface area contributed by atoms with E-state index in [-0.39, 0.29) is 17.9 Å². The van der Waals surface area contributed by atoms with Crippen LogP contribution in [-0.2, 0) is 29.0 Å². The molecule has 4 nitrogen and oxygen atoms in total. The SMILES string of the molecule is Cc1ccc(CCC(=O)N(Cc2ccc(Cl)cc2)[C@H](Cc2ccccc2)C(=O)NC2CCCC2)cc1. The molecule has 0 aliphatic heterocycles. The van der Waals surface area contributed by atoms with Crippen LogP contribution in [-0.4, -0.2) is 28.8 Å². The Bertz CT molecular complexity index is 1120. The predicted octanol–water partition coefficient (Wildman–Crippen LogP) is 6.28. The van der Waals surface area contributed by atoms with E-state index < -0.39 is 6.04 Å². The van der Waals surface area contributed by atoms with Crippen molar-refractivity contribution in [1.29, 1.82) is 0 Å². The number of halogens is 1. The second kappa shape index (κ2) is 12.7. The molecule has 0 saturated heterocycles. The highest BCUT2D eigenvalue weighted by molar-refractivity contribution is 6.30. The van der Waals surface area contributed by atoms with Crippen molar-refractivity contribution < 1.29 is 9.59 Å². The summed E-state index contributed by atoms with van der Waals surface area (Å²) in [7, 11) is 0. The van der Waals surface area contributed by atoms with Crippen molar-refractivity contribution in [3.8, 4) is 0 Å². The minimum Gasteiger partial charge on any atom is -0.352 e. The number of hydrogen-bond acceptors (Lipinski definition) is 2. The van der Waals surface area contributed by atoms with E-state index in [1.54, 1.807) is 4.90 Å². The first-order valence-corrected chi connectivity index (χ1v) is 13.3. The summed E-state index contributed by atoms with van der Waals surface area (Å²) in [6, 6.07) is 25.4. The van der Waals surface area contributed by atoms with Gasteiger partial charge >= 0.3 is 0 Å². The topological polar surface area (TPSA) is 49.4 Å². The Morgan fingerprint density at radius 2 is 1.53 bits per heavy atom. The molecule has 1 fully saturated rings. The van der Waals surface area contributed by atoms with Crippen molar-refractivity contribution in [2.75, 3.05) is 0 Å². The summed E-state index contributed by atoms with van der Waals surface area (Å²) in [4.78, 5) is 29.2. The van der Waals surface area contributed by atoms with E-state index >= 15 is 0 Å². The van der Waals surface area contributed by atoms with Crippen molar-refractivity contribution in [2.45, 2.75) is 70.5 Å². The molecule has 3 aromatic carbocycles. The molecule has 0 aromatic heterocycles. The van der Waals surface area contributed by atoms with Crippen molar-refractivity contribution in [3.05, 3.63) is 106 Å². The molecule has 2 amide bonds. The first kappa shape index (κ1) is 26.0. The van der Waals surface area contributed by atoms with Crippen LogP contribution < -0.4 is 5.32 Å². The number of nitrogens with one attached hydrogen (secondary N) is 1. The van der Waals surface area contributed by atoms with E-state index in [9.17, 15) is 9.59 Å². The molecule has 0 unspecified atom stereocenters. The van der Waals surface area contributed by atoms with E-state index in [2.05, 4.69) is 36.5 Å². The normalized spacial score (nSPS) is 14.4. The third-order valence-corrected chi connectivity index (χ3v) is 7.24. The van der Waals surface area contributed by atoms with Gasteiger partial charge in [-0.25, -0.2) is 0 Å². The number of rotatable bonds is 10. The van der Waals surface area contributed by atoms with Gasteiger partial charge in [-0.05, 0) is 55.0 Å². The van der Waals surface area contributed by atoms with Crippen LogP contribution in [0.4, 0.5) is 0 Å². The summed E-state index contributed by atoms with van der Waals surface area (Å²) in [5, 5.41) is 3.90. The summed E-state index contributed by atoms with van der Waals surface area (Å²) >= 11 is 6.11. The van der Waals surface area contributed by atoms with Gasteiger partial charge in [-0.1, -0.05) is 96.7 Å². The maximum atomic E-state index is 13.7. The van der Waals surface area contributed by atoms with Gasteiger partial charge in [0.2, 0.25) is 11.8 Å². The van der Waals surface area contributed by atoms with Crippen LogP contribution in [0, 0.1) is 6.92 Å². The van der Waals surface area contributed by atoms with Crippen molar-refractivity contribution in [3.63, 3.8) is 0 Å². The molecular weight excluding hydrogens is 468 g/mol. The molecule has 1 N–H and O–H groups in total. The molecule has 5 heteroatoms. The van der Waals surface area contributed by atoms with E-state index in [1.807, 2.05) is 54.6 Å². The fourth-order valence-electron chi connectivity index (χ4n) is 4.86. The number of amides is 2. The summed E-state index contributed by atoms with van der Waals surface area (Å²) in [6.45, 7) is 2.42. The number of hydrogen-bond donors (Lipinski definition) is 1. The highest BCUT2D eigenvalue weighted by Gasteiger charge is 2.32. The number of aryl methyl sites for hydroxylation is 2. The molecule has 188 valence electrons. The van der Waals surface area contributed by atoms with Gasteiger partial charge in [0.25, 0.3) is 0 Å². The number of nitrogens with zero attached hydrogens (tertiary/aromatic N) is 1. The van der Waals surface area contributed by atoms with Crippen LogP contribution >= 0.6 is 11.6 Å². The predicted molar refractivity (Wildman–Crippen MR) is 146 cm³/mol. The Balaban J connectivity index is 1.59. The number of carbonyl (C=O) groups is 2. The zero-order valence-corrected chi connectivity index (χ0v) is 21.7. The number of carbonyl (C=O) groups excluding carboxylic acids is 2. The van der Waals surface area contributed by atoms with Crippen LogP contribution in [0.2, 0.25) is 5.02 Å². The Morgan fingerprint density at radius 1 is 0.889 bits per heavy atom. The average molecular weight is 503 g/mol. The molecule has 0 radical (unpaired) electrons. The van der Waals surface area contributed by atoms with Crippen molar-refractivity contribution in [1.82, 2.24) is 10.2 Å². The smallest absolute Gasteiger partial charge is 0.243 e. The molecule has 4 rings (SSSR count). The highest BCUT2D eigenvalue weighted by Crippen LogP contribution is 2.21. The lowest BCUT2D eigenvalue weighted by atomic mass is 10.0. The zero-order valence-electron chi connectivity index (χ0n) is 21.0. The summed E-state index contributed by atoms with van der Waals surface area (Å²) in [6.07, 6.45) is 5.74. The van der Waals surface area contributed by atoms with Gasteiger partial charge in [0.15, 0.2) is 0 Å². The van der Waals surface area contributed by atoms with Gasteiger partial charge in [0.1, 0.15) is 6.04 Å². The zero-order chi connectivity index (χ0) is 25.3. The quantitative estimate of drug-likeness (QED) is 0.354. The van der Waals surface area contributed by atoms with Crippen molar-refractivity contribution >= 4 is 23.4 Å². The first-order chi connectivity index (χ1) is 17.5. The van der Waals surface area contributed by atoms with Crippen LogP contribution in [0.1, 0.15) is 54.4 Å². The fourth-order valence-corrected chi connectivity index (χ4v) is 4.98. The average Bonchev–Trinajstić information content (AvgIpc) is 3.40. The third kappa shape index (κ3) is 7.44. The van der Waals surface area contributed by atoms with E-state index in [0.29, 0.717) is 30.8 Å². The monoisotopic (exact) mass is 502 g/mol. The van der Waals surface area contributed by atoms with Gasteiger partial charge in [-0.15, -0.1) is 0 Å². The standard InChI is InChI=1S/C31H35ClN2O2/c1-23-11-13-24(14-12-23)17-20-30(35)34(22-26-15-18-27(32)19-16-26)29(21-25-7-3-2-4-8-25)31(36)33-28-9-5-6-10-28/h2-4,7-8,11-16,18-19,28-29H,5-6,9-10,17,20-22H2,1H3,(H,33,36)/t29-/m1/s1. The Kier molecular flexibility index (Phi) is 9.18. The third-order valence-electron chi connectivity index (χ3n) is 6.99. The lowest BCUT2D eigenvalue weighted by Crippen LogP contribution is -2.52. The van der Waals surface area contributed by atoms with Gasteiger partial charge in [0, 0.05) is 30.5 Å². The van der Waals surface area contributed by atoms with Crippen LogP contribution in [0.3, 0.4) is 0 Å². The summed E-state index contributed by atoms with van der Waals surface area (Å²) < 4.78 is 0. The van der Waals surface area contributed by atoms with Gasteiger partial charge in [-0.3, -0.25) is 9.59 Å². The van der Waals surface area contributed by atoms with Gasteiger partial charge in [0.05, 0.1) is 0 Å². The molecule has 0 bridgehead atoms. The summed E-state index contributed by atoms with van der Waals surface area (Å²) in [5.41, 5.74) is 4.31. The second-order valence-electron chi connectivity index (χ2n) is 9.83. The molecule has 1 atom stereocenters. The molecule has 3 aromatic rings. The maximum Gasteiger partial charge on any atom is 0.243 e. The molecule has 1 saturated carbocycles. The van der Waals surface area contributed by atoms with E-state index in [4.69, 9.17) is 11.6 Å². The molecule has 1 aliphatic rings. The molecule has 0 spiro atoms. The Morgan fingerprint density at radius 3 is 2.19 bits per heavy atom. The Labute approximate surface area is 219 Å². The van der Waals surface area contributed by atoms with Gasteiger partial charge < -0.3 is 10.2 Å². The molecular formula is C31H35ClN2O2. The number of benzene rings is 3. The highest BCUT2D eigenvalue weighted by atomic mass is 35.5. The summed E-state index contributed by atoms with van der Waals surface area (Å²) in [5.74, 6) is -0.0866. The van der Waals surface area contributed by atoms with Crippen LogP contribution in [0.5, 0.6) is 0 Å². The van der Waals surface area contributed by atoms with Crippen LogP contribution in [0.15, 0.2) is 78.9 Å². The minimum atomic E-state index is -0.589. The maximum absolute atomic E-state index is 13.7. The largest absolute Gasteiger partial charge is 0.352 e. The lowest BCUT2D eigenvalue weighted by molar-refractivity contribution is -0.141. The van der Waals surface area contributed by atoms with Crippen molar-refractivity contribution in [2.24, 2.45) is 0 Å². The first-order valence-electron chi connectivity index (χ1n) is 12.9. The minimum absolute atomic E-state index is 0.0203. The van der Waals surface area contributed by atoms with E-state index in [1.165, 1.54) is 5.56 Å². The molecule has 36 heavy (non-hydrogen) atoms. The lowest BCUT2D eigenvalue weighted by Gasteiger charge is -2.32.